The fourth-order valence-electron chi connectivity index (χ4n) is 1.40. The van der Waals surface area contributed by atoms with Gasteiger partial charge in [-0.15, -0.1) is 0 Å². The average molecular weight is 321 g/mol. The smallest absolute Gasteiger partial charge is 0.225 e. The second-order valence-corrected chi connectivity index (χ2v) is 6.63. The van der Waals surface area contributed by atoms with E-state index < -0.39 is 0 Å². The second kappa shape index (κ2) is 7.88. The van der Waals surface area contributed by atoms with Crippen molar-refractivity contribution in [2.24, 2.45) is 0 Å². The number of carbonyl (C=O) groups excluding carboxylic acids is 1. The largest absolute Gasteiger partial charge is 0.397 e. The van der Waals surface area contributed by atoms with Crippen LogP contribution >= 0.6 is 35.0 Å². The number of rotatable bonds is 6. The Morgan fingerprint density at radius 2 is 2.16 bits per heavy atom. The Kier molecular flexibility index (Phi) is 6.83. The maximum absolute atomic E-state index is 11.8. The fraction of sp³-hybridized carbons (Fsp3) is 0.462. The lowest BCUT2D eigenvalue weighted by atomic mass is 10.2. The summed E-state index contributed by atoms with van der Waals surface area (Å²) in [7, 11) is 0. The Hall–Kier alpha value is -0.580. The Labute approximate surface area is 128 Å². The lowest BCUT2D eigenvalue weighted by Gasteiger charge is -2.11. The Bertz CT molecular complexity index is 431. The van der Waals surface area contributed by atoms with Crippen LogP contribution in [0.4, 0.5) is 11.4 Å². The number of halogens is 2. The van der Waals surface area contributed by atoms with Gasteiger partial charge in [0.1, 0.15) is 0 Å². The minimum Gasteiger partial charge on any atom is -0.397 e. The molecule has 0 fully saturated rings. The van der Waals surface area contributed by atoms with E-state index in [4.69, 9.17) is 28.9 Å². The number of carbonyl (C=O) groups is 1. The number of nitrogen functional groups attached to an aromatic ring is 1. The van der Waals surface area contributed by atoms with Gasteiger partial charge in [-0.2, -0.15) is 11.8 Å². The molecule has 3 N–H and O–H groups in total. The summed E-state index contributed by atoms with van der Waals surface area (Å²) in [6.07, 6.45) is 1.54. The molecule has 0 radical (unpaired) electrons. The SMILES string of the molecule is CCC(C)SCCC(=O)Nc1c(N)cc(Cl)cc1Cl. The summed E-state index contributed by atoms with van der Waals surface area (Å²) in [5.74, 6) is 0.693. The van der Waals surface area contributed by atoms with E-state index in [0.717, 1.165) is 12.2 Å². The van der Waals surface area contributed by atoms with E-state index in [1.807, 2.05) is 0 Å². The first-order chi connectivity index (χ1) is 8.93. The van der Waals surface area contributed by atoms with Crippen LogP contribution in [-0.4, -0.2) is 16.9 Å². The van der Waals surface area contributed by atoms with Crippen LogP contribution in [0.2, 0.25) is 10.0 Å². The molecule has 106 valence electrons. The summed E-state index contributed by atoms with van der Waals surface area (Å²) < 4.78 is 0. The number of hydrogen-bond acceptors (Lipinski definition) is 3. The number of hydrogen-bond donors (Lipinski definition) is 2. The molecule has 1 rings (SSSR count). The molecular formula is C13H18Cl2N2OS. The molecule has 0 saturated carbocycles. The summed E-state index contributed by atoms with van der Waals surface area (Å²) in [6.45, 7) is 4.28. The van der Waals surface area contributed by atoms with Gasteiger partial charge in [0.2, 0.25) is 5.91 Å². The van der Waals surface area contributed by atoms with Gasteiger partial charge in [0.25, 0.3) is 0 Å². The van der Waals surface area contributed by atoms with Gasteiger partial charge < -0.3 is 11.1 Å². The summed E-state index contributed by atoms with van der Waals surface area (Å²) in [4.78, 5) is 11.8. The van der Waals surface area contributed by atoms with Gasteiger partial charge in [-0.25, -0.2) is 0 Å². The van der Waals surface area contributed by atoms with E-state index in [2.05, 4.69) is 19.2 Å². The third kappa shape index (κ3) is 5.51. The average Bonchev–Trinajstić information content (AvgIpc) is 2.33. The minimum atomic E-state index is -0.0910. The summed E-state index contributed by atoms with van der Waals surface area (Å²) >= 11 is 13.6. The Balaban J connectivity index is 2.53. The molecule has 0 aromatic heterocycles. The van der Waals surface area contributed by atoms with Gasteiger partial charge >= 0.3 is 0 Å². The minimum absolute atomic E-state index is 0.0910. The first-order valence-corrected chi connectivity index (χ1v) is 7.90. The summed E-state index contributed by atoms with van der Waals surface area (Å²) in [5, 5.41) is 4.10. The van der Waals surface area contributed by atoms with Gasteiger partial charge in [-0.05, 0) is 18.6 Å². The van der Waals surface area contributed by atoms with Gasteiger partial charge in [0.05, 0.1) is 16.4 Å². The normalized spacial score (nSPS) is 12.2. The zero-order valence-electron chi connectivity index (χ0n) is 11.0. The van der Waals surface area contributed by atoms with Gasteiger partial charge in [0, 0.05) is 22.4 Å². The number of amides is 1. The third-order valence-corrected chi connectivity index (χ3v) is 4.51. The van der Waals surface area contributed by atoms with Crippen molar-refractivity contribution in [2.45, 2.75) is 31.9 Å². The Morgan fingerprint density at radius 1 is 1.47 bits per heavy atom. The van der Waals surface area contributed by atoms with Crippen molar-refractivity contribution in [2.75, 3.05) is 16.8 Å². The van der Waals surface area contributed by atoms with Crippen molar-refractivity contribution in [1.82, 2.24) is 0 Å². The molecule has 1 aromatic rings. The van der Waals surface area contributed by atoms with E-state index in [1.54, 1.807) is 23.9 Å². The first kappa shape index (κ1) is 16.5. The van der Waals surface area contributed by atoms with Crippen LogP contribution in [0, 0.1) is 0 Å². The summed E-state index contributed by atoms with van der Waals surface area (Å²) in [6, 6.07) is 3.12. The van der Waals surface area contributed by atoms with Crippen molar-refractivity contribution >= 4 is 52.2 Å². The van der Waals surface area contributed by atoms with Crippen LogP contribution in [-0.2, 0) is 4.79 Å². The monoisotopic (exact) mass is 320 g/mol. The van der Waals surface area contributed by atoms with Crippen molar-refractivity contribution in [3.63, 3.8) is 0 Å². The van der Waals surface area contributed by atoms with Gasteiger partial charge in [-0.1, -0.05) is 37.0 Å². The first-order valence-electron chi connectivity index (χ1n) is 6.10. The van der Waals surface area contributed by atoms with E-state index in [1.165, 1.54) is 0 Å². The van der Waals surface area contributed by atoms with Crippen LogP contribution in [0.5, 0.6) is 0 Å². The van der Waals surface area contributed by atoms with Crippen molar-refractivity contribution in [3.05, 3.63) is 22.2 Å². The van der Waals surface area contributed by atoms with E-state index >= 15 is 0 Å². The number of anilines is 2. The molecule has 0 bridgehead atoms. The van der Waals surface area contributed by atoms with Crippen molar-refractivity contribution in [1.29, 1.82) is 0 Å². The van der Waals surface area contributed by atoms with E-state index in [0.29, 0.717) is 33.1 Å². The molecule has 0 aliphatic carbocycles. The molecule has 3 nitrogen and oxygen atoms in total. The number of nitrogens with one attached hydrogen (secondary N) is 1. The fourth-order valence-corrected chi connectivity index (χ4v) is 2.90. The van der Waals surface area contributed by atoms with Gasteiger partial charge in [0.15, 0.2) is 0 Å². The van der Waals surface area contributed by atoms with Crippen LogP contribution in [0.15, 0.2) is 12.1 Å². The molecule has 1 unspecified atom stereocenters. The quantitative estimate of drug-likeness (QED) is 0.762. The number of nitrogens with two attached hydrogens (primary N) is 1. The van der Waals surface area contributed by atoms with Gasteiger partial charge in [-0.3, -0.25) is 4.79 Å². The molecular weight excluding hydrogens is 303 g/mol. The predicted molar refractivity (Wildman–Crippen MR) is 86.3 cm³/mol. The van der Waals surface area contributed by atoms with Crippen molar-refractivity contribution < 1.29 is 4.79 Å². The highest BCUT2D eigenvalue weighted by atomic mass is 35.5. The van der Waals surface area contributed by atoms with E-state index in [9.17, 15) is 4.79 Å². The molecule has 0 aliphatic rings. The zero-order chi connectivity index (χ0) is 14.4. The lowest BCUT2D eigenvalue weighted by Crippen LogP contribution is -2.14. The molecule has 1 atom stereocenters. The number of thioether (sulfide) groups is 1. The molecule has 0 spiro atoms. The highest BCUT2D eigenvalue weighted by Crippen LogP contribution is 2.32. The second-order valence-electron chi connectivity index (χ2n) is 4.24. The molecule has 1 aromatic carbocycles. The molecule has 19 heavy (non-hydrogen) atoms. The molecule has 0 aliphatic heterocycles. The van der Waals surface area contributed by atoms with E-state index in [-0.39, 0.29) is 5.91 Å². The summed E-state index contributed by atoms with van der Waals surface area (Å²) in [5.41, 5.74) is 6.59. The standard InChI is InChI=1S/C13H18Cl2N2OS/c1-3-8(2)19-5-4-12(18)17-13-10(15)6-9(14)7-11(13)16/h6-8H,3-5,16H2,1-2H3,(H,17,18). The zero-order valence-corrected chi connectivity index (χ0v) is 13.3. The van der Waals surface area contributed by atoms with Crippen LogP contribution in [0.25, 0.3) is 0 Å². The molecule has 0 saturated heterocycles. The molecule has 0 heterocycles. The maximum Gasteiger partial charge on any atom is 0.225 e. The van der Waals surface area contributed by atoms with Crippen LogP contribution in [0.3, 0.4) is 0 Å². The number of benzene rings is 1. The van der Waals surface area contributed by atoms with Crippen LogP contribution in [0.1, 0.15) is 26.7 Å². The van der Waals surface area contributed by atoms with Crippen LogP contribution < -0.4 is 11.1 Å². The third-order valence-electron chi connectivity index (χ3n) is 2.66. The highest BCUT2D eigenvalue weighted by molar-refractivity contribution is 7.99. The molecule has 1 amide bonds. The predicted octanol–water partition coefficient (Wildman–Crippen LogP) is 4.44. The van der Waals surface area contributed by atoms with Crippen molar-refractivity contribution in [3.8, 4) is 0 Å². The topological polar surface area (TPSA) is 55.1 Å². The maximum atomic E-state index is 11.8. The Morgan fingerprint density at radius 3 is 2.74 bits per heavy atom. The lowest BCUT2D eigenvalue weighted by molar-refractivity contribution is -0.115. The highest BCUT2D eigenvalue weighted by Gasteiger charge is 2.11. The molecule has 6 heteroatoms.